The maximum absolute atomic E-state index is 11.5. The van der Waals surface area contributed by atoms with Crippen LogP contribution in [0.3, 0.4) is 0 Å². The summed E-state index contributed by atoms with van der Waals surface area (Å²) in [5.41, 5.74) is 3.20. The van der Waals surface area contributed by atoms with Crippen LogP contribution < -0.4 is 0 Å². The van der Waals surface area contributed by atoms with E-state index in [2.05, 4.69) is 27.1 Å². The molecule has 126 valence electrons. The molecule has 5 nitrogen and oxygen atoms in total. The van der Waals surface area contributed by atoms with Crippen molar-refractivity contribution < 1.29 is 8.42 Å². The lowest BCUT2D eigenvalue weighted by Gasteiger charge is -2.04. The van der Waals surface area contributed by atoms with Gasteiger partial charge in [-0.05, 0) is 41.5 Å². The molecule has 0 unspecified atom stereocenters. The van der Waals surface area contributed by atoms with Gasteiger partial charge in [-0.3, -0.25) is 0 Å². The number of sulfone groups is 1. The molecule has 0 spiro atoms. The van der Waals surface area contributed by atoms with E-state index in [0.29, 0.717) is 22.6 Å². The van der Waals surface area contributed by atoms with Crippen LogP contribution >= 0.6 is 15.9 Å². The van der Waals surface area contributed by atoms with Crippen LogP contribution in [0.1, 0.15) is 16.7 Å². The van der Waals surface area contributed by atoms with E-state index in [-0.39, 0.29) is 0 Å². The summed E-state index contributed by atoms with van der Waals surface area (Å²) in [6.07, 6.45) is 5.43. The molecule has 7 heteroatoms. The van der Waals surface area contributed by atoms with E-state index in [1.165, 1.54) is 6.26 Å². The Morgan fingerprint density at radius 3 is 2.52 bits per heavy atom. The van der Waals surface area contributed by atoms with Crippen molar-refractivity contribution in [1.29, 1.82) is 5.26 Å². The highest BCUT2D eigenvalue weighted by atomic mass is 79.9. The Morgan fingerprint density at radius 2 is 1.88 bits per heavy atom. The first-order chi connectivity index (χ1) is 11.9. The molecule has 0 saturated heterocycles. The zero-order valence-electron chi connectivity index (χ0n) is 13.3. The molecular weight excluding hydrogens is 402 g/mol. The van der Waals surface area contributed by atoms with Crippen molar-refractivity contribution in [2.45, 2.75) is 11.3 Å². The number of benzene rings is 2. The second-order valence-electron chi connectivity index (χ2n) is 5.66. The van der Waals surface area contributed by atoms with E-state index in [0.717, 1.165) is 15.6 Å². The van der Waals surface area contributed by atoms with Crippen molar-refractivity contribution in [3.8, 4) is 11.8 Å². The molecule has 0 radical (unpaired) electrons. The standard InChI is InChI=1S/C18H14BrN3O2S/c1-25(23,24)17-5-2-13(3-6-17)8-14-11-21-22(12-14)18-7-4-16(19)9-15(18)10-20/h2-7,9,11-12H,8H2,1H3. The number of rotatable bonds is 4. The fourth-order valence-corrected chi connectivity index (χ4v) is 3.46. The highest BCUT2D eigenvalue weighted by Gasteiger charge is 2.09. The second kappa shape index (κ2) is 6.82. The second-order valence-corrected chi connectivity index (χ2v) is 8.59. The van der Waals surface area contributed by atoms with Crippen molar-refractivity contribution in [3.63, 3.8) is 0 Å². The molecule has 0 amide bonds. The minimum atomic E-state index is -3.19. The lowest BCUT2D eigenvalue weighted by molar-refractivity contribution is 0.602. The lowest BCUT2D eigenvalue weighted by atomic mass is 10.1. The Balaban J connectivity index is 1.84. The van der Waals surface area contributed by atoms with Crippen molar-refractivity contribution >= 4 is 25.8 Å². The first-order valence-corrected chi connectivity index (χ1v) is 10.1. The predicted octanol–water partition coefficient (Wildman–Crippen LogP) is 3.50. The number of halogens is 1. The third kappa shape index (κ3) is 3.98. The number of aromatic nitrogens is 2. The average molecular weight is 416 g/mol. The minimum Gasteiger partial charge on any atom is -0.239 e. The van der Waals surface area contributed by atoms with Crippen LogP contribution in [0.5, 0.6) is 0 Å². The van der Waals surface area contributed by atoms with Gasteiger partial charge in [0.15, 0.2) is 9.84 Å². The number of nitriles is 1. The van der Waals surface area contributed by atoms with Gasteiger partial charge >= 0.3 is 0 Å². The van der Waals surface area contributed by atoms with E-state index < -0.39 is 9.84 Å². The molecule has 0 saturated carbocycles. The monoisotopic (exact) mass is 415 g/mol. The van der Waals surface area contributed by atoms with Crippen LogP contribution in [-0.2, 0) is 16.3 Å². The summed E-state index contributed by atoms with van der Waals surface area (Å²) in [5.74, 6) is 0. The zero-order chi connectivity index (χ0) is 18.0. The number of hydrogen-bond donors (Lipinski definition) is 0. The molecule has 0 aliphatic carbocycles. The highest BCUT2D eigenvalue weighted by Crippen LogP contribution is 2.20. The van der Waals surface area contributed by atoms with E-state index >= 15 is 0 Å². The van der Waals surface area contributed by atoms with Gasteiger partial charge in [0.1, 0.15) is 6.07 Å². The third-order valence-corrected chi connectivity index (χ3v) is 5.34. The first kappa shape index (κ1) is 17.4. The lowest BCUT2D eigenvalue weighted by Crippen LogP contribution is -1.98. The maximum Gasteiger partial charge on any atom is 0.175 e. The van der Waals surface area contributed by atoms with Gasteiger partial charge in [0.2, 0.25) is 0 Å². The number of nitrogens with zero attached hydrogens (tertiary/aromatic N) is 3. The van der Waals surface area contributed by atoms with Crippen molar-refractivity contribution in [2.24, 2.45) is 0 Å². The molecule has 1 heterocycles. The largest absolute Gasteiger partial charge is 0.239 e. The molecule has 0 aliphatic heterocycles. The first-order valence-electron chi connectivity index (χ1n) is 7.39. The fraction of sp³-hybridized carbons (Fsp3) is 0.111. The van der Waals surface area contributed by atoms with Gasteiger partial charge in [-0.15, -0.1) is 0 Å². The zero-order valence-corrected chi connectivity index (χ0v) is 15.8. The maximum atomic E-state index is 11.5. The summed E-state index contributed by atoms with van der Waals surface area (Å²) >= 11 is 3.36. The molecule has 0 atom stereocenters. The molecule has 0 aliphatic rings. The van der Waals surface area contributed by atoms with Crippen molar-refractivity contribution in [1.82, 2.24) is 9.78 Å². The Bertz CT molecular complexity index is 1060. The quantitative estimate of drug-likeness (QED) is 0.653. The van der Waals surface area contributed by atoms with Gasteiger partial charge in [-0.1, -0.05) is 28.1 Å². The van der Waals surface area contributed by atoms with Crippen LogP contribution in [0.25, 0.3) is 5.69 Å². The van der Waals surface area contributed by atoms with Gasteiger partial charge in [0.25, 0.3) is 0 Å². The third-order valence-electron chi connectivity index (χ3n) is 3.72. The van der Waals surface area contributed by atoms with Crippen LogP contribution in [-0.4, -0.2) is 24.5 Å². The molecule has 3 aromatic rings. The normalized spacial score (nSPS) is 11.2. The summed E-state index contributed by atoms with van der Waals surface area (Å²) in [6, 6.07) is 14.4. The Hall–Kier alpha value is -2.43. The van der Waals surface area contributed by atoms with Crippen molar-refractivity contribution in [3.05, 3.63) is 76.0 Å². The SMILES string of the molecule is CS(=O)(=O)c1ccc(Cc2cnn(-c3ccc(Br)cc3C#N)c2)cc1. The molecule has 0 bridgehead atoms. The Labute approximate surface area is 154 Å². The minimum absolute atomic E-state index is 0.306. The molecule has 0 fully saturated rings. The molecule has 3 rings (SSSR count). The molecule has 25 heavy (non-hydrogen) atoms. The van der Waals surface area contributed by atoms with Gasteiger partial charge < -0.3 is 0 Å². The highest BCUT2D eigenvalue weighted by molar-refractivity contribution is 9.10. The Morgan fingerprint density at radius 1 is 1.16 bits per heavy atom. The van der Waals surface area contributed by atoms with E-state index in [1.807, 2.05) is 18.3 Å². The van der Waals surface area contributed by atoms with Crippen LogP contribution in [0.2, 0.25) is 0 Å². The fourth-order valence-electron chi connectivity index (χ4n) is 2.47. The predicted molar refractivity (Wildman–Crippen MR) is 98.3 cm³/mol. The molecule has 1 aromatic heterocycles. The topological polar surface area (TPSA) is 75.8 Å². The summed E-state index contributed by atoms with van der Waals surface area (Å²) in [6.45, 7) is 0. The van der Waals surface area contributed by atoms with E-state index in [9.17, 15) is 13.7 Å². The van der Waals surface area contributed by atoms with Gasteiger partial charge in [0, 0.05) is 23.3 Å². The summed E-state index contributed by atoms with van der Waals surface area (Å²) in [4.78, 5) is 0.306. The molecule has 0 N–H and O–H groups in total. The van der Waals surface area contributed by atoms with Crippen LogP contribution in [0.15, 0.2) is 64.2 Å². The smallest absolute Gasteiger partial charge is 0.175 e. The molecule has 2 aromatic carbocycles. The van der Waals surface area contributed by atoms with E-state index in [4.69, 9.17) is 0 Å². The van der Waals surface area contributed by atoms with Gasteiger partial charge in [0.05, 0.1) is 22.3 Å². The Kier molecular flexibility index (Phi) is 4.75. The van der Waals surface area contributed by atoms with Gasteiger partial charge in [-0.25, -0.2) is 13.1 Å². The van der Waals surface area contributed by atoms with Crippen molar-refractivity contribution in [2.75, 3.05) is 6.26 Å². The molecular formula is C18H14BrN3O2S. The van der Waals surface area contributed by atoms with Crippen LogP contribution in [0, 0.1) is 11.3 Å². The summed E-state index contributed by atoms with van der Waals surface area (Å²) in [5, 5.41) is 13.6. The summed E-state index contributed by atoms with van der Waals surface area (Å²) in [7, 11) is -3.19. The number of hydrogen-bond acceptors (Lipinski definition) is 4. The van der Waals surface area contributed by atoms with E-state index in [1.54, 1.807) is 41.2 Å². The van der Waals surface area contributed by atoms with Gasteiger partial charge in [-0.2, -0.15) is 10.4 Å². The van der Waals surface area contributed by atoms with Crippen LogP contribution in [0.4, 0.5) is 0 Å². The average Bonchev–Trinajstić information content (AvgIpc) is 3.02. The summed E-state index contributed by atoms with van der Waals surface area (Å²) < 4.78 is 25.5.